The largest absolute Gasteiger partial charge is 0.546 e. The lowest BCUT2D eigenvalue weighted by Gasteiger charge is -2.16. The Balaban J connectivity index is 0.000000506. The van der Waals surface area contributed by atoms with E-state index in [-0.39, 0.29) is 46.1 Å². The van der Waals surface area contributed by atoms with E-state index in [4.69, 9.17) is 49.8 Å². The number of halogens is 3. The van der Waals surface area contributed by atoms with E-state index in [1.807, 2.05) is 19.2 Å². The zero-order valence-corrected chi connectivity index (χ0v) is 15.9. The summed E-state index contributed by atoms with van der Waals surface area (Å²) in [7, 11) is 0. The van der Waals surface area contributed by atoms with Crippen LogP contribution in [-0.2, 0) is 4.79 Å². The number of carboxylic acid groups (broad SMARTS) is 1. The zero-order chi connectivity index (χ0) is 18.9. The molecule has 1 rings (SSSR count). The molecule has 0 heterocycles. The first-order chi connectivity index (χ1) is 11.1. The molecule has 1 aromatic rings. The Kier molecular flexibility index (Phi) is 11.4. The number of rotatable bonds is 7. The number of quaternary nitrogens is 1. The molecule has 3 atom stereocenters. The molecule has 138 valence electrons. The van der Waals surface area contributed by atoms with Gasteiger partial charge in [-0.15, -0.1) is 0 Å². The van der Waals surface area contributed by atoms with Gasteiger partial charge in [-0.3, -0.25) is 0 Å². The molecule has 0 saturated carbocycles. The monoisotopic (exact) mass is 401 g/mol. The van der Waals surface area contributed by atoms with Crippen molar-refractivity contribution in [2.75, 3.05) is 13.2 Å². The van der Waals surface area contributed by atoms with Crippen molar-refractivity contribution in [3.8, 4) is 5.75 Å². The summed E-state index contributed by atoms with van der Waals surface area (Å²) in [6.07, 6.45) is -1.11. The lowest BCUT2D eigenvalue weighted by molar-refractivity contribution is -0.718. The lowest BCUT2D eigenvalue weighted by Crippen LogP contribution is -2.95. The normalized spacial score (nSPS) is 14.2. The van der Waals surface area contributed by atoms with E-state index in [0.717, 1.165) is 0 Å². The number of nitrogens with two attached hydrogens (primary N) is 1. The number of aliphatic carboxylic acids is 1. The average Bonchev–Trinajstić information content (AvgIpc) is 2.52. The summed E-state index contributed by atoms with van der Waals surface area (Å²) < 4.78 is 5.01. The first kappa shape index (κ1) is 23.2. The molecule has 0 fully saturated rings. The van der Waals surface area contributed by atoms with Crippen molar-refractivity contribution in [2.24, 2.45) is 0 Å². The predicted octanol–water partition coefficient (Wildman–Crippen LogP) is 0.475. The lowest BCUT2D eigenvalue weighted by atomic mass is 10.3. The van der Waals surface area contributed by atoms with Crippen LogP contribution in [-0.4, -0.2) is 47.6 Å². The topological polar surface area (TPSA) is 106 Å². The highest BCUT2D eigenvalue weighted by molar-refractivity contribution is 6.43. The molecule has 0 amide bonds. The standard InChI is InChI=1S/C9H7Cl3O3.C6H15NO2/c1-4(9(13)14)15-8-3-6(11)5(10)2-7(8)12;1-5(3-8)7-6(2)4-9/h2-4H,1H3,(H,13,14);5-9H,3-4H2,1-2H3. The quantitative estimate of drug-likeness (QED) is 0.575. The smallest absolute Gasteiger partial charge is 0.140 e. The van der Waals surface area contributed by atoms with Gasteiger partial charge < -0.3 is 30.2 Å². The average molecular weight is 403 g/mol. The minimum absolute atomic E-state index is 0.155. The molecule has 0 spiro atoms. The summed E-state index contributed by atoms with van der Waals surface area (Å²) in [5.41, 5.74) is 0. The summed E-state index contributed by atoms with van der Waals surface area (Å²) >= 11 is 17.2. The third kappa shape index (κ3) is 8.92. The number of hydrogen-bond donors (Lipinski definition) is 3. The van der Waals surface area contributed by atoms with Crippen LogP contribution in [0.4, 0.5) is 0 Å². The fraction of sp³-hybridized carbons (Fsp3) is 0.533. The van der Waals surface area contributed by atoms with Gasteiger partial charge in [-0.2, -0.15) is 0 Å². The van der Waals surface area contributed by atoms with Crippen molar-refractivity contribution >= 4 is 40.8 Å². The van der Waals surface area contributed by atoms with Crippen LogP contribution in [0.5, 0.6) is 5.75 Å². The molecule has 24 heavy (non-hydrogen) atoms. The van der Waals surface area contributed by atoms with Crippen LogP contribution in [0.3, 0.4) is 0 Å². The van der Waals surface area contributed by atoms with E-state index < -0.39 is 12.1 Å². The Morgan fingerprint density at radius 2 is 1.54 bits per heavy atom. The van der Waals surface area contributed by atoms with Crippen molar-refractivity contribution < 1.29 is 30.2 Å². The fourth-order valence-corrected chi connectivity index (χ4v) is 2.10. The highest BCUT2D eigenvalue weighted by Gasteiger charge is 2.11. The molecule has 9 heteroatoms. The van der Waals surface area contributed by atoms with Gasteiger partial charge in [0.1, 0.15) is 23.9 Å². The number of aliphatic hydroxyl groups excluding tert-OH is 2. The third-order valence-corrected chi connectivity index (χ3v) is 3.86. The van der Waals surface area contributed by atoms with Crippen LogP contribution in [0.2, 0.25) is 15.1 Å². The number of carbonyl (C=O) groups excluding carboxylic acids is 1. The van der Waals surface area contributed by atoms with Crippen LogP contribution in [0.1, 0.15) is 20.8 Å². The van der Waals surface area contributed by atoms with Gasteiger partial charge in [-0.1, -0.05) is 34.8 Å². The van der Waals surface area contributed by atoms with Crippen LogP contribution in [0.25, 0.3) is 0 Å². The second-order valence-corrected chi connectivity index (χ2v) is 6.51. The van der Waals surface area contributed by atoms with Crippen molar-refractivity contribution in [3.05, 3.63) is 27.2 Å². The summed E-state index contributed by atoms with van der Waals surface area (Å²) in [4.78, 5) is 10.4. The first-order valence-electron chi connectivity index (χ1n) is 7.21. The second-order valence-electron chi connectivity index (χ2n) is 5.29. The van der Waals surface area contributed by atoms with Gasteiger partial charge in [0, 0.05) is 6.07 Å². The Labute approximate surface area is 156 Å². The maximum absolute atomic E-state index is 10.4. The van der Waals surface area contributed by atoms with Gasteiger partial charge >= 0.3 is 0 Å². The van der Waals surface area contributed by atoms with Gasteiger partial charge in [-0.25, -0.2) is 0 Å². The molecule has 0 aliphatic heterocycles. The van der Waals surface area contributed by atoms with Crippen molar-refractivity contribution in [1.82, 2.24) is 0 Å². The maximum atomic E-state index is 10.4. The van der Waals surface area contributed by atoms with Crippen LogP contribution < -0.4 is 15.2 Å². The summed E-state index contributed by atoms with van der Waals surface area (Å²) in [5, 5.41) is 30.2. The number of hydrogen-bond acceptors (Lipinski definition) is 5. The molecule has 0 radical (unpaired) electrons. The molecule has 6 nitrogen and oxygen atoms in total. The van der Waals surface area contributed by atoms with Gasteiger partial charge in [-0.05, 0) is 26.8 Å². The molecule has 0 aromatic heterocycles. The van der Waals surface area contributed by atoms with E-state index in [2.05, 4.69) is 0 Å². The number of aliphatic hydroxyl groups is 2. The van der Waals surface area contributed by atoms with Gasteiger partial charge in [0.15, 0.2) is 0 Å². The molecular weight excluding hydrogens is 381 g/mol. The minimum atomic E-state index is -1.34. The Morgan fingerprint density at radius 3 is 1.96 bits per heavy atom. The van der Waals surface area contributed by atoms with E-state index in [1.54, 1.807) is 0 Å². The molecule has 3 unspecified atom stereocenters. The molecule has 0 aliphatic rings. The zero-order valence-electron chi connectivity index (χ0n) is 13.6. The van der Waals surface area contributed by atoms with E-state index in [1.165, 1.54) is 19.1 Å². The molecule has 1 aromatic carbocycles. The van der Waals surface area contributed by atoms with Gasteiger partial charge in [0.2, 0.25) is 0 Å². The Hall–Kier alpha value is -0.760. The molecular formula is C15H22Cl3NO5. The van der Waals surface area contributed by atoms with Gasteiger partial charge in [0.25, 0.3) is 0 Å². The molecule has 0 aliphatic carbocycles. The Morgan fingerprint density at radius 1 is 1.08 bits per heavy atom. The molecule has 0 bridgehead atoms. The Bertz CT molecular complexity index is 522. The van der Waals surface area contributed by atoms with Crippen LogP contribution in [0, 0.1) is 0 Å². The highest BCUT2D eigenvalue weighted by Crippen LogP contribution is 2.34. The number of carboxylic acids is 1. The first-order valence-corrected chi connectivity index (χ1v) is 8.34. The summed E-state index contributed by atoms with van der Waals surface area (Å²) in [6, 6.07) is 3.13. The van der Waals surface area contributed by atoms with E-state index >= 15 is 0 Å². The number of carbonyl (C=O) groups is 1. The third-order valence-electron chi connectivity index (χ3n) is 2.84. The maximum Gasteiger partial charge on any atom is 0.140 e. The van der Waals surface area contributed by atoms with Crippen molar-refractivity contribution in [2.45, 2.75) is 39.0 Å². The van der Waals surface area contributed by atoms with Crippen LogP contribution >= 0.6 is 34.8 Å². The van der Waals surface area contributed by atoms with Crippen molar-refractivity contribution in [1.29, 1.82) is 0 Å². The SMILES string of the molecule is CC(CO)[NH2+]C(C)CO.CC(Oc1cc(Cl)c(Cl)cc1Cl)C(=O)[O-]. The van der Waals surface area contributed by atoms with Gasteiger partial charge in [0.05, 0.1) is 34.3 Å². The molecule has 0 saturated heterocycles. The van der Waals surface area contributed by atoms with Crippen molar-refractivity contribution in [3.63, 3.8) is 0 Å². The fourth-order valence-electron chi connectivity index (χ4n) is 1.52. The minimum Gasteiger partial charge on any atom is -0.546 e. The van der Waals surface area contributed by atoms with E-state index in [9.17, 15) is 9.90 Å². The summed E-state index contributed by atoms with van der Waals surface area (Å²) in [6.45, 7) is 5.52. The number of ether oxygens (including phenoxy) is 1. The highest BCUT2D eigenvalue weighted by atomic mass is 35.5. The predicted molar refractivity (Wildman–Crippen MR) is 91.6 cm³/mol. The van der Waals surface area contributed by atoms with Crippen LogP contribution in [0.15, 0.2) is 12.1 Å². The second kappa shape index (κ2) is 11.7. The van der Waals surface area contributed by atoms with E-state index in [0.29, 0.717) is 0 Å². The molecule has 4 N–H and O–H groups in total. The summed E-state index contributed by atoms with van der Waals surface area (Å²) in [5.74, 6) is -1.18. The number of benzene rings is 1.